The molecule has 1 atom stereocenters. The molecule has 5 nitrogen and oxygen atoms in total. The van der Waals surface area contributed by atoms with Gasteiger partial charge in [0.25, 0.3) is 0 Å². The molecule has 6 heteroatoms. The van der Waals surface area contributed by atoms with Crippen LogP contribution >= 0.6 is 12.2 Å². The molecule has 1 unspecified atom stereocenters. The Morgan fingerprint density at radius 1 is 1.25 bits per heavy atom. The quantitative estimate of drug-likeness (QED) is 0.536. The summed E-state index contributed by atoms with van der Waals surface area (Å²) >= 11 is 5.54. The number of methoxy groups -OCH3 is 1. The molecule has 1 aliphatic rings. The fraction of sp³-hybridized carbons (Fsp3) is 0.318. The predicted octanol–water partition coefficient (Wildman–Crippen LogP) is 4.85. The monoisotopic (exact) mass is 398 g/mol. The van der Waals surface area contributed by atoms with E-state index in [4.69, 9.17) is 26.4 Å². The van der Waals surface area contributed by atoms with Crippen molar-refractivity contribution in [1.29, 1.82) is 0 Å². The Morgan fingerprint density at radius 3 is 2.64 bits per heavy atom. The van der Waals surface area contributed by atoms with Crippen LogP contribution in [-0.2, 0) is 0 Å². The Morgan fingerprint density at radius 2 is 1.96 bits per heavy atom. The van der Waals surface area contributed by atoms with Gasteiger partial charge in [-0.2, -0.15) is 0 Å². The second-order valence-corrected chi connectivity index (χ2v) is 7.65. The first-order chi connectivity index (χ1) is 13.4. The van der Waals surface area contributed by atoms with Crippen molar-refractivity contribution >= 4 is 23.0 Å². The summed E-state index contributed by atoms with van der Waals surface area (Å²) < 4.78 is 17.0. The lowest BCUT2D eigenvalue weighted by atomic mass is 9.89. The van der Waals surface area contributed by atoms with Gasteiger partial charge in [0.1, 0.15) is 29.5 Å². The van der Waals surface area contributed by atoms with Gasteiger partial charge in [0, 0.05) is 23.7 Å². The lowest BCUT2D eigenvalue weighted by Crippen LogP contribution is -2.42. The first-order valence-corrected chi connectivity index (χ1v) is 9.59. The molecule has 2 N–H and O–H groups in total. The zero-order chi connectivity index (χ0) is 20.1. The van der Waals surface area contributed by atoms with Crippen LogP contribution in [0.5, 0.6) is 17.2 Å². The third-order valence-corrected chi connectivity index (χ3v) is 4.68. The molecule has 148 valence electrons. The minimum atomic E-state index is -0.309. The maximum Gasteiger partial charge on any atom is 0.171 e. The van der Waals surface area contributed by atoms with E-state index >= 15 is 0 Å². The smallest absolute Gasteiger partial charge is 0.171 e. The van der Waals surface area contributed by atoms with Crippen molar-refractivity contribution in [3.63, 3.8) is 0 Å². The van der Waals surface area contributed by atoms with E-state index < -0.39 is 0 Å². The number of hydrogen-bond donors (Lipinski definition) is 2. The molecule has 0 aliphatic carbocycles. The van der Waals surface area contributed by atoms with E-state index in [1.54, 1.807) is 13.2 Å². The van der Waals surface area contributed by atoms with Crippen molar-refractivity contribution < 1.29 is 14.2 Å². The minimum Gasteiger partial charge on any atom is -0.497 e. The molecule has 3 rings (SSSR count). The lowest BCUT2D eigenvalue weighted by Gasteiger charge is -2.38. The first kappa shape index (κ1) is 20.0. The van der Waals surface area contributed by atoms with E-state index in [-0.39, 0.29) is 11.6 Å². The highest BCUT2D eigenvalue weighted by Crippen LogP contribution is 2.41. The molecule has 1 aliphatic heterocycles. The number of hydrogen-bond acceptors (Lipinski definition) is 4. The molecule has 0 amide bonds. The number of fused-ring (bicyclic) bond motifs is 1. The highest BCUT2D eigenvalue weighted by atomic mass is 32.1. The van der Waals surface area contributed by atoms with Crippen molar-refractivity contribution in [2.45, 2.75) is 31.9 Å². The minimum absolute atomic E-state index is 0.0415. The third kappa shape index (κ3) is 4.95. The fourth-order valence-corrected chi connectivity index (χ4v) is 3.46. The van der Waals surface area contributed by atoms with Crippen LogP contribution in [0.15, 0.2) is 55.1 Å². The molecule has 28 heavy (non-hydrogen) atoms. The van der Waals surface area contributed by atoms with E-state index in [0.717, 1.165) is 34.9 Å². The number of thiocarbonyl (C=S) groups is 1. The molecule has 1 heterocycles. The molecule has 0 bridgehead atoms. The van der Waals surface area contributed by atoms with E-state index in [1.807, 2.05) is 42.5 Å². The fourth-order valence-electron chi connectivity index (χ4n) is 3.20. The van der Waals surface area contributed by atoms with Gasteiger partial charge in [-0.15, -0.1) is 0 Å². The summed E-state index contributed by atoms with van der Waals surface area (Å²) in [6.45, 7) is 8.27. The maximum absolute atomic E-state index is 6.13. The Bertz CT molecular complexity index is 849. The lowest BCUT2D eigenvalue weighted by molar-refractivity contribution is 0.0693. The molecule has 2 aromatic carbocycles. The van der Waals surface area contributed by atoms with Gasteiger partial charge in [0.05, 0.1) is 13.2 Å². The highest BCUT2D eigenvalue weighted by molar-refractivity contribution is 7.80. The molecule has 0 fully saturated rings. The summed E-state index contributed by atoms with van der Waals surface area (Å²) in [7, 11) is 1.65. The van der Waals surface area contributed by atoms with Gasteiger partial charge in [0.2, 0.25) is 0 Å². The first-order valence-electron chi connectivity index (χ1n) is 9.18. The van der Waals surface area contributed by atoms with Crippen molar-refractivity contribution in [2.24, 2.45) is 0 Å². The SMILES string of the molecule is C=CCOc1ccc(NC(=S)NC2CC(C)(C)Oc3cc(OC)ccc32)cc1. The van der Waals surface area contributed by atoms with Gasteiger partial charge >= 0.3 is 0 Å². The molecular weight excluding hydrogens is 372 g/mol. The molecule has 0 saturated heterocycles. The van der Waals surface area contributed by atoms with Gasteiger partial charge in [-0.25, -0.2) is 0 Å². The number of ether oxygens (including phenoxy) is 3. The maximum atomic E-state index is 6.13. The molecule has 0 aromatic heterocycles. The number of benzene rings is 2. The van der Waals surface area contributed by atoms with Gasteiger partial charge in [-0.3, -0.25) is 0 Å². The normalized spacial score (nSPS) is 16.9. The Labute approximate surface area is 171 Å². The van der Waals surface area contributed by atoms with Gasteiger partial charge in [-0.05, 0) is 62.5 Å². The number of anilines is 1. The van der Waals surface area contributed by atoms with E-state index in [1.165, 1.54) is 0 Å². The van der Waals surface area contributed by atoms with E-state index in [2.05, 4.69) is 31.1 Å². The summed E-state index contributed by atoms with van der Waals surface area (Å²) in [5.74, 6) is 2.38. The molecular formula is C22H26N2O3S. The second-order valence-electron chi connectivity index (χ2n) is 7.24. The van der Waals surface area contributed by atoms with Crippen LogP contribution in [0.1, 0.15) is 31.9 Å². The average Bonchev–Trinajstić information content (AvgIpc) is 2.66. The standard InChI is InChI=1S/C22H26N2O3S/c1-5-12-26-16-8-6-15(7-9-16)23-21(28)24-19-14-22(2,3)27-20-13-17(25-4)10-11-18(19)20/h5-11,13,19H,1,12,14H2,2-4H3,(H2,23,24,28). The largest absolute Gasteiger partial charge is 0.497 e. The van der Waals surface area contributed by atoms with E-state index in [9.17, 15) is 0 Å². The summed E-state index contributed by atoms with van der Waals surface area (Å²) in [4.78, 5) is 0. The topological polar surface area (TPSA) is 51.8 Å². The van der Waals surface area contributed by atoms with E-state index in [0.29, 0.717) is 11.7 Å². The van der Waals surface area contributed by atoms with Crippen LogP contribution in [0, 0.1) is 0 Å². The summed E-state index contributed by atoms with van der Waals surface area (Å²) in [6.07, 6.45) is 2.51. The number of rotatable bonds is 6. The van der Waals surface area contributed by atoms with Crippen molar-refractivity contribution in [2.75, 3.05) is 19.0 Å². The highest BCUT2D eigenvalue weighted by Gasteiger charge is 2.34. The molecule has 0 radical (unpaired) electrons. The Kier molecular flexibility index (Phi) is 6.09. The molecule has 0 spiro atoms. The number of nitrogens with one attached hydrogen (secondary N) is 2. The zero-order valence-electron chi connectivity index (χ0n) is 16.5. The van der Waals surface area contributed by atoms with Crippen LogP contribution < -0.4 is 24.8 Å². The van der Waals surface area contributed by atoms with Crippen molar-refractivity contribution in [3.05, 3.63) is 60.7 Å². The Hall–Kier alpha value is -2.73. The summed E-state index contributed by atoms with van der Waals surface area (Å²) in [5, 5.41) is 7.21. The second kappa shape index (κ2) is 8.52. The van der Waals surface area contributed by atoms with Crippen LogP contribution in [0.2, 0.25) is 0 Å². The molecule has 0 saturated carbocycles. The predicted molar refractivity (Wildman–Crippen MR) is 117 cm³/mol. The van der Waals surface area contributed by atoms with Gasteiger partial charge in [-0.1, -0.05) is 12.7 Å². The summed E-state index contributed by atoms with van der Waals surface area (Å²) in [6, 6.07) is 13.6. The zero-order valence-corrected chi connectivity index (χ0v) is 17.3. The summed E-state index contributed by atoms with van der Waals surface area (Å²) in [5.41, 5.74) is 1.65. The average molecular weight is 399 g/mol. The van der Waals surface area contributed by atoms with Crippen LogP contribution in [0.4, 0.5) is 5.69 Å². The van der Waals surface area contributed by atoms with Gasteiger partial charge in [0.15, 0.2) is 5.11 Å². The third-order valence-electron chi connectivity index (χ3n) is 4.46. The molecule has 2 aromatic rings. The van der Waals surface area contributed by atoms with Gasteiger partial charge < -0.3 is 24.8 Å². The Balaban J connectivity index is 1.69. The van der Waals surface area contributed by atoms with Crippen LogP contribution in [0.25, 0.3) is 0 Å². The van der Waals surface area contributed by atoms with Crippen molar-refractivity contribution in [1.82, 2.24) is 5.32 Å². The van der Waals surface area contributed by atoms with Crippen molar-refractivity contribution in [3.8, 4) is 17.2 Å². The van der Waals surface area contributed by atoms with Crippen LogP contribution in [0.3, 0.4) is 0 Å². The van der Waals surface area contributed by atoms with Crippen LogP contribution in [-0.4, -0.2) is 24.4 Å².